The summed E-state index contributed by atoms with van der Waals surface area (Å²) in [5, 5.41) is 10.6. The molecule has 2 aromatic carbocycles. The Balaban J connectivity index is 1.61. The maximum atomic E-state index is 7.94. The molecular weight excluding hydrogens is 328 g/mol. The molecule has 1 saturated carbocycles. The van der Waals surface area contributed by atoms with E-state index in [1.807, 2.05) is 0 Å². The first-order chi connectivity index (χ1) is 13.2. The minimum atomic E-state index is 0.560. The summed E-state index contributed by atoms with van der Waals surface area (Å²) >= 11 is 0. The first kappa shape index (κ1) is 18.2. The van der Waals surface area contributed by atoms with Crippen molar-refractivity contribution in [3.05, 3.63) is 70.8 Å². The second kappa shape index (κ2) is 7.82. The Kier molecular flexibility index (Phi) is 5.27. The fourth-order valence-corrected chi connectivity index (χ4v) is 5.05. The van der Waals surface area contributed by atoms with Crippen molar-refractivity contribution in [1.82, 2.24) is 4.90 Å². The molecular formula is C25H30N2. The molecule has 1 N–H and O–H groups in total. The van der Waals surface area contributed by atoms with E-state index < -0.39 is 0 Å². The molecule has 27 heavy (non-hydrogen) atoms. The SMILES string of the molecule is CN(C)CC1=CCC(C2CCCC(c3c(C=N)ccc4ccccc34)C2)=C1. The predicted molar refractivity (Wildman–Crippen MR) is 116 cm³/mol. The first-order valence-corrected chi connectivity index (χ1v) is 10.2. The lowest BCUT2D eigenvalue weighted by Gasteiger charge is -2.32. The van der Waals surface area contributed by atoms with Crippen LogP contribution in [-0.2, 0) is 0 Å². The molecule has 0 amide bonds. The second-order valence-electron chi connectivity index (χ2n) is 8.43. The maximum absolute atomic E-state index is 7.94. The Morgan fingerprint density at radius 1 is 1.07 bits per heavy atom. The highest BCUT2D eigenvalue weighted by molar-refractivity contribution is 5.94. The highest BCUT2D eigenvalue weighted by atomic mass is 15.0. The van der Waals surface area contributed by atoms with Gasteiger partial charge in [-0.2, -0.15) is 0 Å². The van der Waals surface area contributed by atoms with Crippen LogP contribution in [0.2, 0.25) is 0 Å². The Bertz CT molecular complexity index is 904. The van der Waals surface area contributed by atoms with Crippen molar-refractivity contribution in [2.45, 2.75) is 38.0 Å². The molecule has 0 aromatic heterocycles. The standard InChI is InChI=1S/C25H30N2/c1-27(2)17-18-10-11-21(14-18)20-7-5-8-22(15-20)25-23(16-26)13-12-19-6-3-4-9-24(19)25/h3-4,6,9-10,12-14,16,20,22,26H,5,7-8,11,15,17H2,1-2H3. The summed E-state index contributed by atoms with van der Waals surface area (Å²) in [5.74, 6) is 1.25. The number of fused-ring (bicyclic) bond motifs is 1. The first-order valence-electron chi connectivity index (χ1n) is 10.2. The summed E-state index contributed by atoms with van der Waals surface area (Å²) in [6.07, 6.45) is 12.6. The summed E-state index contributed by atoms with van der Waals surface area (Å²) in [4.78, 5) is 2.25. The minimum Gasteiger partial charge on any atom is -0.308 e. The van der Waals surface area contributed by atoms with Crippen LogP contribution in [0.5, 0.6) is 0 Å². The Labute approximate surface area is 163 Å². The van der Waals surface area contributed by atoms with Crippen LogP contribution < -0.4 is 0 Å². The molecule has 2 aliphatic carbocycles. The van der Waals surface area contributed by atoms with Crippen LogP contribution in [0, 0.1) is 11.3 Å². The lowest BCUT2D eigenvalue weighted by Crippen LogP contribution is -2.17. The number of rotatable bonds is 5. The Hall–Kier alpha value is -2.19. The molecule has 140 valence electrons. The zero-order valence-corrected chi connectivity index (χ0v) is 16.5. The van der Waals surface area contributed by atoms with E-state index in [4.69, 9.17) is 5.41 Å². The summed E-state index contributed by atoms with van der Waals surface area (Å²) < 4.78 is 0. The van der Waals surface area contributed by atoms with Gasteiger partial charge in [0.2, 0.25) is 0 Å². The van der Waals surface area contributed by atoms with Crippen LogP contribution in [0.25, 0.3) is 10.8 Å². The smallest absolute Gasteiger partial charge is 0.0253 e. The monoisotopic (exact) mass is 358 g/mol. The number of hydrogen-bond donors (Lipinski definition) is 1. The Morgan fingerprint density at radius 2 is 1.89 bits per heavy atom. The summed E-state index contributed by atoms with van der Waals surface area (Å²) in [7, 11) is 4.28. The molecule has 4 rings (SSSR count). The van der Waals surface area contributed by atoms with Crippen LogP contribution in [0.3, 0.4) is 0 Å². The summed E-state index contributed by atoms with van der Waals surface area (Å²) in [6, 6.07) is 13.0. The van der Waals surface area contributed by atoms with Crippen LogP contribution in [0.4, 0.5) is 0 Å². The van der Waals surface area contributed by atoms with E-state index in [0.717, 1.165) is 18.5 Å². The molecule has 0 bridgehead atoms. The van der Waals surface area contributed by atoms with Gasteiger partial charge in [-0.3, -0.25) is 0 Å². The van der Waals surface area contributed by atoms with E-state index in [1.165, 1.54) is 47.6 Å². The van der Waals surface area contributed by atoms with Crippen LogP contribution >= 0.6 is 0 Å². The van der Waals surface area contributed by atoms with E-state index in [-0.39, 0.29) is 0 Å². The van der Waals surface area contributed by atoms with Crippen LogP contribution in [0.1, 0.15) is 49.1 Å². The molecule has 2 atom stereocenters. The Morgan fingerprint density at radius 3 is 2.70 bits per heavy atom. The van der Waals surface area contributed by atoms with Gasteiger partial charge in [-0.15, -0.1) is 0 Å². The molecule has 0 heterocycles. The molecule has 0 saturated heterocycles. The van der Waals surface area contributed by atoms with Gasteiger partial charge < -0.3 is 10.3 Å². The van der Waals surface area contributed by atoms with Crippen LogP contribution in [0.15, 0.2) is 59.7 Å². The molecule has 2 aliphatic rings. The van der Waals surface area contributed by atoms with E-state index in [9.17, 15) is 0 Å². The van der Waals surface area contributed by atoms with E-state index >= 15 is 0 Å². The average Bonchev–Trinajstić information content (AvgIpc) is 3.15. The third kappa shape index (κ3) is 3.77. The molecule has 0 spiro atoms. The van der Waals surface area contributed by atoms with Gasteiger partial charge in [0.25, 0.3) is 0 Å². The van der Waals surface area contributed by atoms with Gasteiger partial charge >= 0.3 is 0 Å². The minimum absolute atomic E-state index is 0.560. The predicted octanol–water partition coefficient (Wildman–Crippen LogP) is 5.93. The molecule has 1 fully saturated rings. The van der Waals surface area contributed by atoms with Gasteiger partial charge in [0, 0.05) is 12.8 Å². The van der Waals surface area contributed by atoms with E-state index in [0.29, 0.717) is 11.8 Å². The van der Waals surface area contributed by atoms with Crippen molar-refractivity contribution in [1.29, 1.82) is 5.41 Å². The molecule has 0 radical (unpaired) electrons. The number of nitrogens with zero attached hydrogens (tertiary/aromatic N) is 1. The average molecular weight is 359 g/mol. The lowest BCUT2D eigenvalue weighted by atomic mass is 9.73. The number of hydrogen-bond acceptors (Lipinski definition) is 2. The van der Waals surface area contributed by atoms with Gasteiger partial charge in [0.15, 0.2) is 0 Å². The van der Waals surface area contributed by atoms with Crippen molar-refractivity contribution in [3.8, 4) is 0 Å². The molecule has 2 nitrogen and oxygen atoms in total. The summed E-state index contributed by atoms with van der Waals surface area (Å²) in [6.45, 7) is 1.04. The van der Waals surface area contributed by atoms with Crippen molar-refractivity contribution in [2.24, 2.45) is 5.92 Å². The molecule has 2 heteroatoms. The lowest BCUT2D eigenvalue weighted by molar-refractivity contribution is 0.358. The topological polar surface area (TPSA) is 27.1 Å². The second-order valence-corrected chi connectivity index (χ2v) is 8.43. The zero-order chi connectivity index (χ0) is 18.8. The molecule has 2 unspecified atom stereocenters. The fraction of sp³-hybridized carbons (Fsp3) is 0.400. The van der Waals surface area contributed by atoms with Crippen LogP contribution in [-0.4, -0.2) is 31.8 Å². The molecule has 0 aliphatic heterocycles. The maximum Gasteiger partial charge on any atom is 0.0253 e. The van der Waals surface area contributed by atoms with Gasteiger partial charge in [-0.05, 0) is 79.1 Å². The quantitative estimate of drug-likeness (QED) is 0.659. The van der Waals surface area contributed by atoms with Gasteiger partial charge in [-0.25, -0.2) is 0 Å². The number of nitrogens with one attached hydrogen (secondary N) is 1. The van der Waals surface area contributed by atoms with E-state index in [2.05, 4.69) is 67.5 Å². The van der Waals surface area contributed by atoms with Crippen molar-refractivity contribution in [2.75, 3.05) is 20.6 Å². The summed E-state index contributed by atoms with van der Waals surface area (Å²) in [5.41, 5.74) is 5.62. The third-order valence-electron chi connectivity index (χ3n) is 6.24. The third-order valence-corrected chi connectivity index (χ3v) is 6.24. The van der Waals surface area contributed by atoms with Crippen molar-refractivity contribution < 1.29 is 0 Å². The van der Waals surface area contributed by atoms with Gasteiger partial charge in [-0.1, -0.05) is 60.5 Å². The number of likely N-dealkylation sites (N-methyl/N-ethyl adjacent to an activating group) is 1. The van der Waals surface area contributed by atoms with Crippen molar-refractivity contribution in [3.63, 3.8) is 0 Å². The normalized spacial score (nSPS) is 22.8. The number of benzene rings is 2. The largest absolute Gasteiger partial charge is 0.308 e. The van der Waals surface area contributed by atoms with Gasteiger partial charge in [0.1, 0.15) is 0 Å². The van der Waals surface area contributed by atoms with E-state index in [1.54, 1.807) is 11.8 Å². The van der Waals surface area contributed by atoms with Crippen molar-refractivity contribution >= 4 is 17.0 Å². The van der Waals surface area contributed by atoms with Gasteiger partial charge in [0.05, 0.1) is 0 Å². The highest BCUT2D eigenvalue weighted by Gasteiger charge is 2.28. The highest BCUT2D eigenvalue weighted by Crippen LogP contribution is 2.44. The fourth-order valence-electron chi connectivity index (χ4n) is 5.05. The molecule has 2 aromatic rings. The number of allylic oxidation sites excluding steroid dienone is 2. The zero-order valence-electron chi connectivity index (χ0n) is 16.5.